The fourth-order valence-electron chi connectivity index (χ4n) is 3.23. The first-order valence-electron chi connectivity index (χ1n) is 8.60. The van der Waals surface area contributed by atoms with Crippen molar-refractivity contribution in [1.82, 2.24) is 10.2 Å². The zero-order valence-corrected chi connectivity index (χ0v) is 14.6. The van der Waals surface area contributed by atoms with E-state index in [1.807, 2.05) is 0 Å². The van der Waals surface area contributed by atoms with E-state index in [-0.39, 0.29) is 24.2 Å². The van der Waals surface area contributed by atoms with Crippen LogP contribution in [0.1, 0.15) is 52.9 Å². The van der Waals surface area contributed by atoms with Crippen molar-refractivity contribution in [3.63, 3.8) is 0 Å². The van der Waals surface area contributed by atoms with Crippen LogP contribution in [0.4, 0.5) is 9.18 Å². The number of rotatable bonds is 3. The standard InChI is InChI=1S/C17H27FN2O4/c1-17(2,3)24-16(23)19-14(11-4-6-13(21)7-5-11)15(22)20-9-8-12(18)10-20/h11-12,14H,4-10H2,1-3H3,(H,19,23)/t12-,14-/m0/s1. The molecule has 0 aromatic carbocycles. The molecule has 2 rings (SSSR count). The van der Waals surface area contributed by atoms with E-state index in [2.05, 4.69) is 5.32 Å². The normalized spacial score (nSPS) is 23.9. The molecule has 2 fully saturated rings. The van der Waals surface area contributed by atoms with E-state index in [4.69, 9.17) is 4.74 Å². The maximum Gasteiger partial charge on any atom is 0.408 e. The van der Waals surface area contributed by atoms with Crippen LogP contribution in [0, 0.1) is 5.92 Å². The highest BCUT2D eigenvalue weighted by atomic mass is 19.1. The van der Waals surface area contributed by atoms with E-state index in [0.29, 0.717) is 38.6 Å². The smallest absolute Gasteiger partial charge is 0.408 e. The molecule has 1 saturated carbocycles. The third kappa shape index (κ3) is 5.18. The van der Waals surface area contributed by atoms with Crippen LogP contribution >= 0.6 is 0 Å². The van der Waals surface area contributed by atoms with E-state index >= 15 is 0 Å². The number of halogens is 1. The summed E-state index contributed by atoms with van der Waals surface area (Å²) in [6.07, 6.45) is 0.591. The second-order valence-corrected chi connectivity index (χ2v) is 7.67. The molecule has 1 aliphatic carbocycles. The van der Waals surface area contributed by atoms with Gasteiger partial charge in [-0.15, -0.1) is 0 Å². The topological polar surface area (TPSA) is 75.7 Å². The molecule has 7 heteroatoms. The van der Waals surface area contributed by atoms with Crippen LogP contribution in [0.2, 0.25) is 0 Å². The van der Waals surface area contributed by atoms with Crippen LogP contribution in [0.25, 0.3) is 0 Å². The average molecular weight is 342 g/mol. The number of hydrogen-bond acceptors (Lipinski definition) is 4. The van der Waals surface area contributed by atoms with E-state index in [1.165, 1.54) is 4.90 Å². The minimum absolute atomic E-state index is 0.0665. The summed E-state index contributed by atoms with van der Waals surface area (Å²) in [5.41, 5.74) is -0.669. The predicted octanol–water partition coefficient (Wildman–Crippen LogP) is 2.21. The number of hydrogen-bond donors (Lipinski definition) is 1. The fraction of sp³-hybridized carbons (Fsp3) is 0.824. The van der Waals surface area contributed by atoms with E-state index in [1.54, 1.807) is 20.8 Å². The van der Waals surface area contributed by atoms with Crippen LogP contribution in [0.5, 0.6) is 0 Å². The SMILES string of the molecule is CC(C)(C)OC(=O)N[C@H](C(=O)N1CC[C@H](F)C1)C1CCC(=O)CC1. The number of ketones is 1. The lowest BCUT2D eigenvalue weighted by Gasteiger charge is -2.32. The van der Waals surface area contributed by atoms with Gasteiger partial charge in [0.1, 0.15) is 23.6 Å². The Morgan fingerprint density at radius 2 is 1.88 bits per heavy atom. The highest BCUT2D eigenvalue weighted by Gasteiger charge is 2.38. The number of alkyl carbamates (subject to hydrolysis) is 1. The van der Waals surface area contributed by atoms with Crippen molar-refractivity contribution in [1.29, 1.82) is 0 Å². The lowest BCUT2D eigenvalue weighted by atomic mass is 9.82. The Hall–Kier alpha value is -1.66. The monoisotopic (exact) mass is 342 g/mol. The summed E-state index contributed by atoms with van der Waals surface area (Å²) >= 11 is 0. The number of amides is 2. The second kappa shape index (κ2) is 7.49. The van der Waals surface area contributed by atoms with E-state index < -0.39 is 23.9 Å². The summed E-state index contributed by atoms with van der Waals surface area (Å²) in [6, 6.07) is -0.766. The Morgan fingerprint density at radius 1 is 1.25 bits per heavy atom. The molecule has 136 valence electrons. The van der Waals surface area contributed by atoms with Crippen molar-refractivity contribution in [3.05, 3.63) is 0 Å². The molecule has 24 heavy (non-hydrogen) atoms. The Morgan fingerprint density at radius 3 is 2.38 bits per heavy atom. The van der Waals surface area contributed by atoms with E-state index in [0.717, 1.165) is 0 Å². The van der Waals surface area contributed by atoms with Crippen molar-refractivity contribution < 1.29 is 23.5 Å². The second-order valence-electron chi connectivity index (χ2n) is 7.67. The van der Waals surface area contributed by atoms with Crippen LogP contribution in [0.3, 0.4) is 0 Å². The Bertz CT molecular complexity index is 493. The molecule has 0 radical (unpaired) electrons. The van der Waals surface area contributed by atoms with Crippen LogP contribution in [-0.2, 0) is 14.3 Å². The molecule has 0 bridgehead atoms. The number of ether oxygens (including phenoxy) is 1. The van der Waals surface area contributed by atoms with Gasteiger partial charge < -0.3 is 15.0 Å². The van der Waals surface area contributed by atoms with Gasteiger partial charge in [0, 0.05) is 19.4 Å². The largest absolute Gasteiger partial charge is 0.444 e. The maximum absolute atomic E-state index is 13.4. The molecular formula is C17H27FN2O4. The maximum atomic E-state index is 13.4. The predicted molar refractivity (Wildman–Crippen MR) is 86.2 cm³/mol. The summed E-state index contributed by atoms with van der Waals surface area (Å²) in [5, 5.41) is 2.66. The summed E-state index contributed by atoms with van der Waals surface area (Å²) in [5.74, 6) is -0.221. The first kappa shape index (κ1) is 18.7. The minimum Gasteiger partial charge on any atom is -0.444 e. The van der Waals surface area contributed by atoms with Gasteiger partial charge in [0.2, 0.25) is 5.91 Å². The number of alkyl halides is 1. The molecule has 6 nitrogen and oxygen atoms in total. The molecule has 1 saturated heterocycles. The van der Waals surface area contributed by atoms with Crippen molar-refractivity contribution in [2.75, 3.05) is 13.1 Å². The van der Waals surface area contributed by atoms with Gasteiger partial charge in [-0.3, -0.25) is 9.59 Å². The molecule has 0 aromatic heterocycles. The van der Waals surface area contributed by atoms with Crippen molar-refractivity contribution in [2.24, 2.45) is 5.92 Å². The number of carbonyl (C=O) groups is 3. The summed E-state index contributed by atoms with van der Waals surface area (Å²) in [6.45, 7) is 5.67. The first-order chi connectivity index (χ1) is 11.2. The van der Waals surface area contributed by atoms with Crippen molar-refractivity contribution >= 4 is 17.8 Å². The molecule has 2 atom stereocenters. The Balaban J connectivity index is 2.07. The number of likely N-dealkylation sites (tertiary alicyclic amines) is 1. The third-order valence-corrected chi connectivity index (χ3v) is 4.44. The number of carbonyl (C=O) groups excluding carboxylic acids is 3. The Labute approximate surface area is 142 Å². The molecule has 2 amide bonds. The summed E-state index contributed by atoms with van der Waals surface area (Å²) in [4.78, 5) is 37.8. The minimum atomic E-state index is -1.01. The van der Waals surface area contributed by atoms with Gasteiger partial charge in [0.15, 0.2) is 0 Å². The highest BCUT2D eigenvalue weighted by molar-refractivity contribution is 5.87. The van der Waals surface area contributed by atoms with Gasteiger partial charge in [-0.25, -0.2) is 9.18 Å². The molecule has 0 unspecified atom stereocenters. The molecule has 2 aliphatic rings. The molecule has 1 aliphatic heterocycles. The summed E-state index contributed by atoms with van der Waals surface area (Å²) < 4.78 is 18.7. The molecule has 0 aromatic rings. The van der Waals surface area contributed by atoms with Crippen LogP contribution in [-0.4, -0.2) is 53.6 Å². The lowest BCUT2D eigenvalue weighted by molar-refractivity contribution is -0.135. The Kier molecular flexibility index (Phi) is 5.83. The molecule has 1 N–H and O–H groups in total. The van der Waals surface area contributed by atoms with Gasteiger partial charge in [-0.1, -0.05) is 0 Å². The molecule has 1 heterocycles. The van der Waals surface area contributed by atoms with E-state index in [9.17, 15) is 18.8 Å². The van der Waals surface area contributed by atoms with Gasteiger partial charge in [0.05, 0.1) is 6.54 Å². The van der Waals surface area contributed by atoms with Crippen LogP contribution in [0.15, 0.2) is 0 Å². The third-order valence-electron chi connectivity index (χ3n) is 4.44. The zero-order chi connectivity index (χ0) is 17.9. The first-order valence-corrected chi connectivity index (χ1v) is 8.60. The molecule has 0 spiro atoms. The van der Waals surface area contributed by atoms with Crippen molar-refractivity contribution in [3.8, 4) is 0 Å². The van der Waals surface area contributed by atoms with Gasteiger partial charge in [-0.2, -0.15) is 0 Å². The number of nitrogens with zero attached hydrogens (tertiary/aromatic N) is 1. The van der Waals surface area contributed by atoms with Crippen LogP contribution < -0.4 is 5.32 Å². The van der Waals surface area contributed by atoms with Crippen molar-refractivity contribution in [2.45, 2.75) is 70.7 Å². The zero-order valence-electron chi connectivity index (χ0n) is 14.6. The van der Waals surface area contributed by atoms with Gasteiger partial charge >= 0.3 is 6.09 Å². The van der Waals surface area contributed by atoms with Gasteiger partial charge in [0.25, 0.3) is 0 Å². The molecular weight excluding hydrogens is 315 g/mol. The quantitative estimate of drug-likeness (QED) is 0.853. The number of nitrogens with one attached hydrogen (secondary N) is 1. The average Bonchev–Trinajstić information content (AvgIpc) is 2.90. The lowest BCUT2D eigenvalue weighted by Crippen LogP contribution is -2.53. The number of Topliss-reactive ketones (excluding diaryl/α,β-unsaturated/α-hetero) is 1. The highest BCUT2D eigenvalue weighted by Crippen LogP contribution is 2.27. The van der Waals surface area contributed by atoms with Gasteiger partial charge in [-0.05, 0) is 46.0 Å². The fourth-order valence-corrected chi connectivity index (χ4v) is 3.23. The summed E-state index contributed by atoms with van der Waals surface area (Å²) in [7, 11) is 0.